The number of unbranched alkanes of at least 4 members (excludes halogenated alkanes) is 1. The van der Waals surface area contributed by atoms with Crippen LogP contribution in [0.25, 0.3) is 0 Å². The number of ether oxygens (including phenoxy) is 1. The van der Waals surface area contributed by atoms with E-state index in [1.54, 1.807) is 24.5 Å². The topological polar surface area (TPSA) is 101 Å². The molecule has 0 aliphatic heterocycles. The number of aromatic nitrogens is 3. The van der Waals surface area contributed by atoms with Crippen LogP contribution in [0.3, 0.4) is 0 Å². The summed E-state index contributed by atoms with van der Waals surface area (Å²) in [5, 5.41) is 17.4. The fourth-order valence-electron chi connectivity index (χ4n) is 2.58. The van der Waals surface area contributed by atoms with Crippen molar-refractivity contribution in [3.8, 4) is 5.75 Å². The molecule has 30 heavy (non-hydrogen) atoms. The number of hydrogen-bond acceptors (Lipinski definition) is 7. The number of hydrogen-bond donors (Lipinski definition) is 3. The van der Waals surface area contributed by atoms with Crippen molar-refractivity contribution >= 4 is 23.2 Å². The lowest BCUT2D eigenvalue weighted by atomic mass is 10.2. The maximum atomic E-state index is 12.2. The van der Waals surface area contributed by atoms with Gasteiger partial charge in [0.2, 0.25) is 0 Å². The van der Waals surface area contributed by atoms with Crippen LogP contribution in [-0.4, -0.2) is 40.8 Å². The molecule has 0 aliphatic rings. The molecule has 0 atom stereocenters. The van der Waals surface area contributed by atoms with E-state index in [0.29, 0.717) is 36.9 Å². The van der Waals surface area contributed by atoms with Crippen LogP contribution in [-0.2, 0) is 0 Å². The minimum Gasteiger partial charge on any atom is -0.494 e. The van der Waals surface area contributed by atoms with Crippen molar-refractivity contribution in [2.45, 2.75) is 19.8 Å². The van der Waals surface area contributed by atoms with Gasteiger partial charge in [0, 0.05) is 36.7 Å². The van der Waals surface area contributed by atoms with Crippen LogP contribution < -0.4 is 20.7 Å². The normalized spacial score (nSPS) is 10.3. The second-order valence-corrected chi connectivity index (χ2v) is 6.57. The Morgan fingerprint density at radius 1 is 0.933 bits per heavy atom. The van der Waals surface area contributed by atoms with Crippen molar-refractivity contribution < 1.29 is 9.53 Å². The molecule has 8 heteroatoms. The van der Waals surface area contributed by atoms with Crippen LogP contribution in [0.2, 0.25) is 0 Å². The third kappa shape index (κ3) is 6.73. The first-order valence-electron chi connectivity index (χ1n) is 10.0. The summed E-state index contributed by atoms with van der Waals surface area (Å²) in [6, 6.07) is 14.5. The van der Waals surface area contributed by atoms with Crippen molar-refractivity contribution in [3.05, 3.63) is 66.5 Å². The second-order valence-electron chi connectivity index (χ2n) is 6.57. The Morgan fingerprint density at radius 2 is 1.67 bits per heavy atom. The van der Waals surface area contributed by atoms with E-state index in [4.69, 9.17) is 4.74 Å². The second kappa shape index (κ2) is 11.4. The molecule has 0 bridgehead atoms. The summed E-state index contributed by atoms with van der Waals surface area (Å²) in [6.45, 7) is 3.81. The van der Waals surface area contributed by atoms with Gasteiger partial charge in [-0.1, -0.05) is 13.3 Å². The number of rotatable bonds is 11. The van der Waals surface area contributed by atoms with E-state index >= 15 is 0 Å². The van der Waals surface area contributed by atoms with Gasteiger partial charge in [0.05, 0.1) is 6.61 Å². The predicted octanol–water partition coefficient (Wildman–Crippen LogP) is 3.64. The van der Waals surface area contributed by atoms with Crippen molar-refractivity contribution in [2.24, 2.45) is 0 Å². The molecule has 0 fully saturated rings. The van der Waals surface area contributed by atoms with Crippen LogP contribution in [0.15, 0.2) is 60.9 Å². The van der Waals surface area contributed by atoms with Crippen LogP contribution in [0.1, 0.15) is 30.1 Å². The first-order chi connectivity index (χ1) is 14.7. The average molecular weight is 406 g/mol. The molecule has 0 unspecified atom stereocenters. The van der Waals surface area contributed by atoms with Gasteiger partial charge in [-0.05, 0) is 55.0 Å². The van der Waals surface area contributed by atoms with Gasteiger partial charge in [-0.25, -0.2) is 0 Å². The van der Waals surface area contributed by atoms with Gasteiger partial charge in [0.15, 0.2) is 5.82 Å². The van der Waals surface area contributed by atoms with Crippen molar-refractivity contribution in [1.82, 2.24) is 20.5 Å². The maximum Gasteiger partial charge on any atom is 0.251 e. The number of amides is 1. The SMILES string of the molecule is CCCCOc1ccc(C(=O)NCCNc2ccc(Nc3ccncc3)nn2)cc1. The molecular weight excluding hydrogens is 380 g/mol. The predicted molar refractivity (Wildman–Crippen MR) is 117 cm³/mol. The summed E-state index contributed by atoms with van der Waals surface area (Å²) in [6.07, 6.45) is 5.52. The minimum atomic E-state index is -0.125. The minimum absolute atomic E-state index is 0.125. The number of carbonyl (C=O) groups excluding carboxylic acids is 1. The van der Waals surface area contributed by atoms with Crippen LogP contribution in [0.5, 0.6) is 5.75 Å². The molecule has 156 valence electrons. The Morgan fingerprint density at radius 3 is 2.37 bits per heavy atom. The zero-order chi connectivity index (χ0) is 21.0. The fourth-order valence-corrected chi connectivity index (χ4v) is 2.58. The number of carbonyl (C=O) groups is 1. The Balaban J connectivity index is 1.37. The molecule has 1 amide bonds. The number of nitrogens with zero attached hydrogens (tertiary/aromatic N) is 3. The number of nitrogens with one attached hydrogen (secondary N) is 3. The molecule has 0 aliphatic carbocycles. The Bertz CT molecular complexity index is 901. The van der Waals surface area contributed by atoms with Gasteiger partial charge in [-0.2, -0.15) is 0 Å². The van der Waals surface area contributed by atoms with E-state index in [1.165, 1.54) is 0 Å². The van der Waals surface area contributed by atoms with Gasteiger partial charge in [-0.3, -0.25) is 9.78 Å². The lowest BCUT2D eigenvalue weighted by Gasteiger charge is -2.09. The monoisotopic (exact) mass is 406 g/mol. The van der Waals surface area contributed by atoms with Gasteiger partial charge < -0.3 is 20.7 Å². The van der Waals surface area contributed by atoms with Crippen molar-refractivity contribution in [1.29, 1.82) is 0 Å². The Hall–Kier alpha value is -3.68. The molecule has 0 saturated carbocycles. The smallest absolute Gasteiger partial charge is 0.251 e. The highest BCUT2D eigenvalue weighted by Crippen LogP contribution is 2.14. The Labute approximate surface area is 176 Å². The van der Waals surface area contributed by atoms with Gasteiger partial charge >= 0.3 is 0 Å². The zero-order valence-corrected chi connectivity index (χ0v) is 17.0. The molecule has 0 saturated heterocycles. The molecule has 3 aromatic rings. The summed E-state index contributed by atoms with van der Waals surface area (Å²) >= 11 is 0. The molecule has 2 heterocycles. The standard InChI is InChI=1S/C22H26N6O2/c1-2-3-16-30-19-6-4-17(5-7-19)22(29)25-15-14-24-20-8-9-21(28-27-20)26-18-10-12-23-13-11-18/h4-13H,2-3,14-16H2,1H3,(H,24,27)(H,25,29)(H,23,26,28). The van der Waals surface area contributed by atoms with E-state index in [0.717, 1.165) is 24.3 Å². The molecule has 8 nitrogen and oxygen atoms in total. The molecule has 2 aromatic heterocycles. The van der Waals surface area contributed by atoms with Gasteiger partial charge in [-0.15, -0.1) is 10.2 Å². The first kappa shape index (κ1) is 21.0. The zero-order valence-electron chi connectivity index (χ0n) is 17.0. The highest BCUT2D eigenvalue weighted by atomic mass is 16.5. The number of pyridine rings is 1. The summed E-state index contributed by atoms with van der Waals surface area (Å²) in [5.74, 6) is 1.93. The van der Waals surface area contributed by atoms with E-state index in [1.807, 2.05) is 36.4 Å². The lowest BCUT2D eigenvalue weighted by molar-refractivity contribution is 0.0955. The number of anilines is 3. The van der Waals surface area contributed by atoms with E-state index < -0.39 is 0 Å². The van der Waals surface area contributed by atoms with E-state index in [9.17, 15) is 4.79 Å². The molecular formula is C22H26N6O2. The third-order valence-electron chi connectivity index (χ3n) is 4.22. The molecule has 3 N–H and O–H groups in total. The summed E-state index contributed by atoms with van der Waals surface area (Å²) in [4.78, 5) is 16.2. The largest absolute Gasteiger partial charge is 0.494 e. The summed E-state index contributed by atoms with van der Waals surface area (Å²) in [7, 11) is 0. The molecule has 1 aromatic carbocycles. The van der Waals surface area contributed by atoms with Crippen LogP contribution >= 0.6 is 0 Å². The molecule has 3 rings (SSSR count). The quantitative estimate of drug-likeness (QED) is 0.418. The summed E-state index contributed by atoms with van der Waals surface area (Å²) in [5.41, 5.74) is 1.49. The van der Waals surface area contributed by atoms with Gasteiger partial charge in [0.1, 0.15) is 11.6 Å². The first-order valence-corrected chi connectivity index (χ1v) is 10.0. The van der Waals surface area contributed by atoms with Crippen LogP contribution in [0, 0.1) is 0 Å². The third-order valence-corrected chi connectivity index (χ3v) is 4.22. The fraction of sp³-hybridized carbons (Fsp3) is 0.273. The van der Waals surface area contributed by atoms with E-state index in [2.05, 4.69) is 38.1 Å². The molecule has 0 radical (unpaired) electrons. The lowest BCUT2D eigenvalue weighted by Crippen LogP contribution is -2.28. The maximum absolute atomic E-state index is 12.2. The van der Waals surface area contributed by atoms with Crippen LogP contribution in [0.4, 0.5) is 17.3 Å². The highest BCUT2D eigenvalue weighted by Gasteiger charge is 2.05. The van der Waals surface area contributed by atoms with Crippen molar-refractivity contribution in [3.63, 3.8) is 0 Å². The average Bonchev–Trinajstić information content (AvgIpc) is 2.79. The molecule has 0 spiro atoms. The number of benzene rings is 1. The van der Waals surface area contributed by atoms with E-state index in [-0.39, 0.29) is 5.91 Å². The Kier molecular flexibility index (Phi) is 7.96. The highest BCUT2D eigenvalue weighted by molar-refractivity contribution is 5.94. The summed E-state index contributed by atoms with van der Waals surface area (Å²) < 4.78 is 5.61. The van der Waals surface area contributed by atoms with Crippen molar-refractivity contribution in [2.75, 3.05) is 30.3 Å². The van der Waals surface area contributed by atoms with Gasteiger partial charge in [0.25, 0.3) is 5.91 Å².